The maximum absolute atomic E-state index is 12.1. The molecule has 7 nitrogen and oxygen atoms in total. The third-order valence-corrected chi connectivity index (χ3v) is 5.51. The largest absolute Gasteiger partial charge is 0.496 e. The standard InChI is InChI=1S/C24H33N5O2/c1-5-25-24(26-15-17-14-23(30)28-20-12-8-6-10-18(17)20)27-16-21(29(2)3)19-11-7-9-13-22(19)31-4/h6-13,17,21H,5,14-16H2,1-4H3,(H,28,30)(H2,25,26,27). The van der Waals surface area contributed by atoms with Crippen LogP contribution in [-0.2, 0) is 4.79 Å². The second-order valence-electron chi connectivity index (χ2n) is 7.86. The number of nitrogens with zero attached hydrogens (tertiary/aromatic N) is 2. The number of likely N-dealkylation sites (N-methyl/N-ethyl adjacent to an activating group) is 1. The highest BCUT2D eigenvalue weighted by molar-refractivity contribution is 5.94. The Hall–Kier alpha value is -3.06. The first-order valence-corrected chi connectivity index (χ1v) is 10.7. The number of fused-ring (bicyclic) bond motifs is 1. The Morgan fingerprint density at radius 1 is 1.19 bits per heavy atom. The Morgan fingerprint density at radius 2 is 1.94 bits per heavy atom. The van der Waals surface area contributed by atoms with E-state index in [1.807, 2.05) is 57.4 Å². The molecule has 7 heteroatoms. The predicted molar refractivity (Wildman–Crippen MR) is 126 cm³/mol. The molecule has 1 heterocycles. The van der Waals surface area contributed by atoms with Gasteiger partial charge in [-0.2, -0.15) is 0 Å². The van der Waals surface area contributed by atoms with Gasteiger partial charge in [0.25, 0.3) is 0 Å². The van der Waals surface area contributed by atoms with E-state index in [0.29, 0.717) is 19.5 Å². The van der Waals surface area contributed by atoms with Crippen LogP contribution in [0.15, 0.2) is 53.5 Å². The van der Waals surface area contributed by atoms with Crippen molar-refractivity contribution in [2.75, 3.05) is 46.2 Å². The summed E-state index contributed by atoms with van der Waals surface area (Å²) in [5.74, 6) is 1.76. The first-order chi connectivity index (χ1) is 15.0. The molecule has 0 spiro atoms. The fourth-order valence-corrected chi connectivity index (χ4v) is 3.90. The maximum atomic E-state index is 12.1. The minimum Gasteiger partial charge on any atom is -0.496 e. The van der Waals surface area contributed by atoms with Crippen LogP contribution in [0.25, 0.3) is 0 Å². The molecular weight excluding hydrogens is 390 g/mol. The molecule has 3 rings (SSSR count). The molecule has 0 aliphatic carbocycles. The fourth-order valence-electron chi connectivity index (χ4n) is 3.90. The van der Waals surface area contributed by atoms with Crippen LogP contribution in [0.5, 0.6) is 5.75 Å². The molecule has 2 unspecified atom stereocenters. The summed E-state index contributed by atoms with van der Waals surface area (Å²) < 4.78 is 5.56. The number of hydrogen-bond donors (Lipinski definition) is 3. The van der Waals surface area contributed by atoms with E-state index in [0.717, 1.165) is 35.1 Å². The van der Waals surface area contributed by atoms with Gasteiger partial charge in [-0.1, -0.05) is 36.4 Å². The second kappa shape index (κ2) is 10.8. The molecule has 1 aliphatic rings. The zero-order chi connectivity index (χ0) is 22.2. The lowest BCUT2D eigenvalue weighted by atomic mass is 9.90. The molecule has 2 aromatic carbocycles. The van der Waals surface area contributed by atoms with E-state index in [1.54, 1.807) is 7.11 Å². The van der Waals surface area contributed by atoms with Gasteiger partial charge in [0.15, 0.2) is 5.96 Å². The van der Waals surface area contributed by atoms with E-state index in [9.17, 15) is 4.79 Å². The Morgan fingerprint density at radius 3 is 2.68 bits per heavy atom. The van der Waals surface area contributed by atoms with Gasteiger partial charge in [-0.3, -0.25) is 9.79 Å². The molecule has 31 heavy (non-hydrogen) atoms. The van der Waals surface area contributed by atoms with Crippen molar-refractivity contribution in [3.05, 3.63) is 59.7 Å². The highest BCUT2D eigenvalue weighted by atomic mass is 16.5. The van der Waals surface area contributed by atoms with Gasteiger partial charge in [0.1, 0.15) is 5.75 Å². The lowest BCUT2D eigenvalue weighted by Crippen LogP contribution is -2.41. The van der Waals surface area contributed by atoms with Crippen LogP contribution in [-0.4, -0.2) is 57.6 Å². The van der Waals surface area contributed by atoms with Gasteiger partial charge in [0, 0.05) is 36.7 Å². The van der Waals surface area contributed by atoms with Crippen molar-refractivity contribution >= 4 is 17.6 Å². The number of nitrogens with one attached hydrogen (secondary N) is 3. The van der Waals surface area contributed by atoms with E-state index in [-0.39, 0.29) is 17.9 Å². The number of para-hydroxylation sites is 2. The van der Waals surface area contributed by atoms with Crippen molar-refractivity contribution in [1.82, 2.24) is 15.5 Å². The summed E-state index contributed by atoms with van der Waals surface area (Å²) in [5, 5.41) is 9.71. The van der Waals surface area contributed by atoms with E-state index in [2.05, 4.69) is 33.0 Å². The molecule has 0 radical (unpaired) electrons. The lowest BCUT2D eigenvalue weighted by Gasteiger charge is -2.27. The van der Waals surface area contributed by atoms with E-state index < -0.39 is 0 Å². The minimum atomic E-state index is 0.0521. The summed E-state index contributed by atoms with van der Waals surface area (Å²) in [6.07, 6.45) is 0.463. The van der Waals surface area contributed by atoms with Crippen molar-refractivity contribution < 1.29 is 9.53 Å². The first kappa shape index (κ1) is 22.6. The third-order valence-electron chi connectivity index (χ3n) is 5.51. The van der Waals surface area contributed by atoms with E-state index in [4.69, 9.17) is 9.73 Å². The van der Waals surface area contributed by atoms with Crippen molar-refractivity contribution in [1.29, 1.82) is 0 Å². The highest BCUT2D eigenvalue weighted by Crippen LogP contribution is 2.31. The lowest BCUT2D eigenvalue weighted by molar-refractivity contribution is -0.116. The quantitative estimate of drug-likeness (QED) is 0.449. The number of methoxy groups -OCH3 is 1. The van der Waals surface area contributed by atoms with Crippen LogP contribution in [0.4, 0.5) is 5.69 Å². The molecule has 3 N–H and O–H groups in total. The summed E-state index contributed by atoms with van der Waals surface area (Å²) in [5.41, 5.74) is 3.16. The SMILES string of the molecule is CCNC(=NCC(c1ccccc1OC)N(C)C)NCC1CC(=O)Nc2ccccc21. The number of amides is 1. The Bertz CT molecular complexity index is 912. The van der Waals surface area contributed by atoms with Crippen LogP contribution in [0.3, 0.4) is 0 Å². The Balaban J connectivity index is 1.73. The van der Waals surface area contributed by atoms with Crippen LogP contribution in [0.2, 0.25) is 0 Å². The van der Waals surface area contributed by atoms with Gasteiger partial charge < -0.3 is 25.6 Å². The van der Waals surface area contributed by atoms with E-state index >= 15 is 0 Å². The summed E-state index contributed by atoms with van der Waals surface area (Å²) in [6.45, 7) is 4.01. The number of aliphatic imine (C=N–C) groups is 1. The predicted octanol–water partition coefficient (Wildman–Crippen LogP) is 2.98. The average molecular weight is 424 g/mol. The molecule has 0 saturated heterocycles. The minimum absolute atomic E-state index is 0.0521. The van der Waals surface area contributed by atoms with Crippen molar-refractivity contribution in [2.45, 2.75) is 25.3 Å². The van der Waals surface area contributed by atoms with Crippen LogP contribution in [0.1, 0.15) is 36.4 Å². The molecule has 1 amide bonds. The number of anilines is 1. The molecule has 0 aromatic heterocycles. The van der Waals surface area contributed by atoms with Gasteiger partial charge >= 0.3 is 0 Å². The van der Waals surface area contributed by atoms with Gasteiger partial charge in [0.05, 0.1) is 19.7 Å². The average Bonchev–Trinajstić information content (AvgIpc) is 2.77. The number of guanidine groups is 1. The van der Waals surface area contributed by atoms with Crippen molar-refractivity contribution in [3.8, 4) is 5.75 Å². The number of carbonyl (C=O) groups is 1. The molecule has 0 fully saturated rings. The number of rotatable bonds is 8. The topological polar surface area (TPSA) is 78.0 Å². The number of carbonyl (C=O) groups excluding carboxylic acids is 1. The maximum Gasteiger partial charge on any atom is 0.225 e. The smallest absolute Gasteiger partial charge is 0.225 e. The van der Waals surface area contributed by atoms with Crippen molar-refractivity contribution in [2.24, 2.45) is 4.99 Å². The zero-order valence-electron chi connectivity index (χ0n) is 18.8. The highest BCUT2D eigenvalue weighted by Gasteiger charge is 2.25. The summed E-state index contributed by atoms with van der Waals surface area (Å²) >= 11 is 0. The van der Waals surface area contributed by atoms with Gasteiger partial charge in [-0.25, -0.2) is 0 Å². The van der Waals surface area contributed by atoms with Crippen LogP contribution in [0, 0.1) is 0 Å². The molecule has 2 aromatic rings. The summed E-state index contributed by atoms with van der Waals surface area (Å²) in [7, 11) is 5.79. The van der Waals surface area contributed by atoms with Gasteiger partial charge in [0.2, 0.25) is 5.91 Å². The Kier molecular flexibility index (Phi) is 7.89. The molecule has 0 saturated carbocycles. The normalized spacial score (nSPS) is 17.0. The molecule has 2 atom stereocenters. The summed E-state index contributed by atoms with van der Waals surface area (Å²) in [4.78, 5) is 19.1. The zero-order valence-corrected chi connectivity index (χ0v) is 18.8. The Labute approximate surface area is 184 Å². The number of hydrogen-bond acceptors (Lipinski definition) is 4. The first-order valence-electron chi connectivity index (χ1n) is 10.7. The molecule has 166 valence electrons. The fraction of sp³-hybridized carbons (Fsp3) is 0.417. The molecular formula is C24H33N5O2. The monoisotopic (exact) mass is 423 g/mol. The van der Waals surface area contributed by atoms with Gasteiger partial charge in [-0.05, 0) is 38.7 Å². The van der Waals surface area contributed by atoms with Gasteiger partial charge in [-0.15, -0.1) is 0 Å². The van der Waals surface area contributed by atoms with Crippen molar-refractivity contribution in [3.63, 3.8) is 0 Å². The van der Waals surface area contributed by atoms with Crippen LogP contribution < -0.4 is 20.7 Å². The molecule has 0 bridgehead atoms. The van der Waals surface area contributed by atoms with E-state index in [1.165, 1.54) is 0 Å². The summed E-state index contributed by atoms with van der Waals surface area (Å²) in [6, 6.07) is 16.1. The number of benzene rings is 2. The second-order valence-corrected chi connectivity index (χ2v) is 7.86. The third kappa shape index (κ3) is 5.76. The van der Waals surface area contributed by atoms with Crippen LogP contribution >= 0.6 is 0 Å². The number of ether oxygens (including phenoxy) is 1. The molecule has 1 aliphatic heterocycles.